The molecular formula is C20H31N7. The summed E-state index contributed by atoms with van der Waals surface area (Å²) in [5.74, 6) is 2.24. The first-order chi connectivity index (χ1) is 13.1. The van der Waals surface area contributed by atoms with E-state index in [1.807, 2.05) is 34.9 Å². The standard InChI is InChI=1S/C20H31N7/c1-5-21-20(24-18-13-26(15(2)3)12-16(18)4)22-11-19-25-23-14-27(19)17-9-7-6-8-10-17/h6-10,14-16,18H,5,11-13H2,1-4H3,(H2,21,22,24). The van der Waals surface area contributed by atoms with Gasteiger partial charge in [0, 0.05) is 37.4 Å². The van der Waals surface area contributed by atoms with Crippen molar-refractivity contribution in [1.82, 2.24) is 30.3 Å². The summed E-state index contributed by atoms with van der Waals surface area (Å²) in [5.41, 5.74) is 1.04. The van der Waals surface area contributed by atoms with Crippen LogP contribution in [0.5, 0.6) is 0 Å². The predicted octanol–water partition coefficient (Wildman–Crippen LogP) is 2.05. The number of aliphatic imine (C=N–C) groups is 1. The molecule has 2 unspecified atom stereocenters. The monoisotopic (exact) mass is 369 g/mol. The van der Waals surface area contributed by atoms with Crippen molar-refractivity contribution in [2.24, 2.45) is 10.9 Å². The fourth-order valence-corrected chi connectivity index (χ4v) is 3.43. The number of hydrogen-bond acceptors (Lipinski definition) is 4. The third-order valence-corrected chi connectivity index (χ3v) is 5.07. The van der Waals surface area contributed by atoms with E-state index in [9.17, 15) is 0 Å². The number of para-hydroxylation sites is 1. The van der Waals surface area contributed by atoms with E-state index in [2.05, 4.69) is 53.4 Å². The molecule has 2 aromatic rings. The molecular weight excluding hydrogens is 338 g/mol. The molecule has 0 bridgehead atoms. The van der Waals surface area contributed by atoms with Gasteiger partial charge in [-0.15, -0.1) is 10.2 Å². The summed E-state index contributed by atoms with van der Waals surface area (Å²) in [6, 6.07) is 11.1. The number of benzene rings is 1. The maximum atomic E-state index is 4.76. The van der Waals surface area contributed by atoms with Crippen LogP contribution in [0.25, 0.3) is 5.69 Å². The zero-order valence-corrected chi connectivity index (χ0v) is 16.8. The lowest BCUT2D eigenvalue weighted by atomic mass is 10.1. The maximum Gasteiger partial charge on any atom is 0.191 e. The molecule has 27 heavy (non-hydrogen) atoms. The molecule has 1 fully saturated rings. The lowest BCUT2D eigenvalue weighted by Gasteiger charge is -2.21. The molecule has 2 heterocycles. The third kappa shape index (κ3) is 4.86. The van der Waals surface area contributed by atoms with E-state index in [1.165, 1.54) is 0 Å². The smallest absolute Gasteiger partial charge is 0.191 e. The minimum atomic E-state index is 0.400. The van der Waals surface area contributed by atoms with Gasteiger partial charge < -0.3 is 10.6 Å². The normalized spacial score (nSPS) is 21.0. The van der Waals surface area contributed by atoms with Crippen LogP contribution in [0.3, 0.4) is 0 Å². The van der Waals surface area contributed by atoms with Gasteiger partial charge >= 0.3 is 0 Å². The zero-order valence-electron chi connectivity index (χ0n) is 16.8. The molecule has 2 N–H and O–H groups in total. The highest BCUT2D eigenvalue weighted by molar-refractivity contribution is 5.80. The van der Waals surface area contributed by atoms with Crippen LogP contribution in [-0.4, -0.2) is 57.3 Å². The fourth-order valence-electron chi connectivity index (χ4n) is 3.43. The number of nitrogens with one attached hydrogen (secondary N) is 2. The van der Waals surface area contributed by atoms with Gasteiger partial charge in [0.2, 0.25) is 0 Å². The summed E-state index contributed by atoms with van der Waals surface area (Å²) in [6.45, 7) is 12.4. The van der Waals surface area contributed by atoms with Gasteiger partial charge in [-0.3, -0.25) is 9.47 Å². The minimum absolute atomic E-state index is 0.400. The van der Waals surface area contributed by atoms with Crippen molar-refractivity contribution in [3.05, 3.63) is 42.5 Å². The Kier molecular flexibility index (Phi) is 6.45. The second kappa shape index (κ2) is 8.99. The van der Waals surface area contributed by atoms with Crippen LogP contribution in [0.15, 0.2) is 41.7 Å². The number of hydrogen-bond donors (Lipinski definition) is 2. The van der Waals surface area contributed by atoms with Gasteiger partial charge in [-0.2, -0.15) is 0 Å². The minimum Gasteiger partial charge on any atom is -0.357 e. The van der Waals surface area contributed by atoms with Crippen LogP contribution >= 0.6 is 0 Å². The summed E-state index contributed by atoms with van der Waals surface area (Å²) in [6.07, 6.45) is 1.74. The summed E-state index contributed by atoms with van der Waals surface area (Å²) in [4.78, 5) is 7.27. The van der Waals surface area contributed by atoms with Crippen molar-refractivity contribution in [3.8, 4) is 5.69 Å². The third-order valence-electron chi connectivity index (χ3n) is 5.07. The van der Waals surface area contributed by atoms with Crippen molar-refractivity contribution < 1.29 is 0 Å². The summed E-state index contributed by atoms with van der Waals surface area (Å²) in [7, 11) is 0. The zero-order chi connectivity index (χ0) is 19.2. The van der Waals surface area contributed by atoms with Crippen molar-refractivity contribution in [3.63, 3.8) is 0 Å². The van der Waals surface area contributed by atoms with Crippen LogP contribution in [0.1, 0.15) is 33.5 Å². The number of nitrogens with zero attached hydrogens (tertiary/aromatic N) is 5. The number of rotatable bonds is 6. The van der Waals surface area contributed by atoms with Crippen molar-refractivity contribution in [2.75, 3.05) is 19.6 Å². The summed E-state index contributed by atoms with van der Waals surface area (Å²) < 4.78 is 1.98. The van der Waals surface area contributed by atoms with Crippen LogP contribution in [0.2, 0.25) is 0 Å². The first-order valence-corrected chi connectivity index (χ1v) is 9.81. The Balaban J connectivity index is 1.69. The fraction of sp³-hybridized carbons (Fsp3) is 0.550. The lowest BCUT2D eigenvalue weighted by molar-refractivity contribution is 0.265. The number of aromatic nitrogens is 3. The van der Waals surface area contributed by atoms with Crippen molar-refractivity contribution >= 4 is 5.96 Å². The quantitative estimate of drug-likeness (QED) is 0.602. The van der Waals surface area contributed by atoms with Gasteiger partial charge in [0.05, 0.1) is 0 Å². The van der Waals surface area contributed by atoms with E-state index in [-0.39, 0.29) is 0 Å². The molecule has 146 valence electrons. The lowest BCUT2D eigenvalue weighted by Crippen LogP contribution is -2.46. The van der Waals surface area contributed by atoms with Crippen LogP contribution in [0, 0.1) is 5.92 Å². The molecule has 3 rings (SSSR count). The molecule has 7 nitrogen and oxygen atoms in total. The summed E-state index contributed by atoms with van der Waals surface area (Å²) in [5, 5.41) is 15.3. The Morgan fingerprint density at radius 3 is 2.70 bits per heavy atom. The average Bonchev–Trinajstić information content (AvgIpc) is 3.27. The number of likely N-dealkylation sites (tertiary alicyclic amines) is 1. The van der Waals surface area contributed by atoms with Crippen LogP contribution in [-0.2, 0) is 6.54 Å². The Hall–Kier alpha value is -2.41. The molecule has 0 amide bonds. The Morgan fingerprint density at radius 2 is 2.04 bits per heavy atom. The highest BCUT2D eigenvalue weighted by Crippen LogP contribution is 2.18. The van der Waals surface area contributed by atoms with Crippen LogP contribution < -0.4 is 10.6 Å². The first-order valence-electron chi connectivity index (χ1n) is 9.81. The van der Waals surface area contributed by atoms with Gasteiger partial charge in [0.1, 0.15) is 12.9 Å². The molecule has 1 aliphatic heterocycles. The van der Waals surface area contributed by atoms with Gasteiger partial charge in [-0.25, -0.2) is 4.99 Å². The topological polar surface area (TPSA) is 70.4 Å². The molecule has 1 aliphatic rings. The van der Waals surface area contributed by atoms with Crippen LogP contribution in [0.4, 0.5) is 0 Å². The highest BCUT2D eigenvalue weighted by atomic mass is 15.3. The molecule has 0 saturated carbocycles. The number of guanidine groups is 1. The van der Waals surface area contributed by atoms with E-state index >= 15 is 0 Å². The van der Waals surface area contributed by atoms with Gasteiger partial charge in [0.25, 0.3) is 0 Å². The molecule has 1 aromatic carbocycles. The molecule has 1 aromatic heterocycles. The Morgan fingerprint density at radius 1 is 1.26 bits per heavy atom. The highest BCUT2D eigenvalue weighted by Gasteiger charge is 2.31. The SMILES string of the molecule is CCNC(=NCc1nncn1-c1ccccc1)NC1CN(C(C)C)CC1C. The van der Waals surface area contributed by atoms with Gasteiger partial charge in [0.15, 0.2) is 11.8 Å². The molecule has 1 saturated heterocycles. The summed E-state index contributed by atoms with van der Waals surface area (Å²) >= 11 is 0. The van der Waals surface area contributed by atoms with E-state index in [0.717, 1.165) is 37.1 Å². The second-order valence-electron chi connectivity index (χ2n) is 7.42. The molecule has 0 aliphatic carbocycles. The first kappa shape index (κ1) is 19.4. The van der Waals surface area contributed by atoms with E-state index < -0.39 is 0 Å². The van der Waals surface area contributed by atoms with Crippen molar-refractivity contribution in [1.29, 1.82) is 0 Å². The van der Waals surface area contributed by atoms with Gasteiger partial charge in [-0.1, -0.05) is 25.1 Å². The van der Waals surface area contributed by atoms with E-state index in [0.29, 0.717) is 24.5 Å². The van der Waals surface area contributed by atoms with Crippen molar-refractivity contribution in [2.45, 2.75) is 46.3 Å². The van der Waals surface area contributed by atoms with E-state index in [4.69, 9.17) is 4.99 Å². The van der Waals surface area contributed by atoms with E-state index in [1.54, 1.807) is 6.33 Å². The molecule has 0 spiro atoms. The average molecular weight is 370 g/mol. The molecule has 2 atom stereocenters. The van der Waals surface area contributed by atoms with Gasteiger partial charge in [-0.05, 0) is 38.8 Å². The maximum absolute atomic E-state index is 4.76. The molecule has 0 radical (unpaired) electrons. The Labute approximate surface area is 161 Å². The predicted molar refractivity (Wildman–Crippen MR) is 109 cm³/mol. The largest absolute Gasteiger partial charge is 0.357 e. The molecule has 7 heteroatoms. The Bertz CT molecular complexity index is 738. The second-order valence-corrected chi connectivity index (χ2v) is 7.42.